The number of benzene rings is 1. The molecule has 2 rings (SSSR count). The summed E-state index contributed by atoms with van der Waals surface area (Å²) in [5.74, 6) is 4.91. The number of nitriles is 1. The van der Waals surface area contributed by atoms with Crippen LogP contribution in [0.25, 0.3) is 0 Å². The molecule has 0 bridgehead atoms. The van der Waals surface area contributed by atoms with E-state index in [0.717, 1.165) is 18.4 Å². The summed E-state index contributed by atoms with van der Waals surface area (Å²) in [6.45, 7) is 0. The minimum atomic E-state index is -0.309. The van der Waals surface area contributed by atoms with Crippen LogP contribution in [0.1, 0.15) is 49.1 Å². The van der Waals surface area contributed by atoms with Gasteiger partial charge in [-0.05, 0) is 42.4 Å². The number of rotatable bonds is 1. The van der Waals surface area contributed by atoms with Crippen LogP contribution < -0.4 is 0 Å². The third kappa shape index (κ3) is 2.86. The average Bonchev–Trinajstić information content (AvgIpc) is 2.38. The van der Waals surface area contributed by atoms with E-state index < -0.39 is 0 Å². The van der Waals surface area contributed by atoms with E-state index in [0.29, 0.717) is 11.5 Å². The van der Waals surface area contributed by atoms with Gasteiger partial charge in [-0.3, -0.25) is 0 Å². The van der Waals surface area contributed by atoms with E-state index in [4.69, 9.17) is 5.26 Å². The predicted molar refractivity (Wildman–Crippen MR) is 64.7 cm³/mol. The fraction of sp³-hybridized carbons (Fsp3) is 0.400. The lowest BCUT2D eigenvalue weighted by Crippen LogP contribution is -2.05. The quantitative estimate of drug-likeness (QED) is 0.670. The lowest BCUT2D eigenvalue weighted by Gasteiger charge is -2.22. The minimum absolute atomic E-state index is 0.309. The van der Waals surface area contributed by atoms with Crippen molar-refractivity contribution in [3.8, 4) is 17.9 Å². The molecule has 1 fully saturated rings. The van der Waals surface area contributed by atoms with Crippen molar-refractivity contribution < 1.29 is 4.39 Å². The summed E-state index contributed by atoms with van der Waals surface area (Å²) in [6.07, 6.45) is 6.08. The van der Waals surface area contributed by atoms with E-state index in [-0.39, 0.29) is 5.82 Å². The Morgan fingerprint density at radius 2 is 1.94 bits per heavy atom. The lowest BCUT2D eigenvalue weighted by atomic mass is 9.84. The highest BCUT2D eigenvalue weighted by molar-refractivity contribution is 5.41. The van der Waals surface area contributed by atoms with Gasteiger partial charge in [-0.2, -0.15) is 5.26 Å². The van der Waals surface area contributed by atoms with Gasteiger partial charge in [0.15, 0.2) is 6.07 Å². The van der Waals surface area contributed by atoms with E-state index in [2.05, 4.69) is 11.8 Å². The van der Waals surface area contributed by atoms with Crippen molar-refractivity contribution in [3.05, 3.63) is 35.1 Å². The summed E-state index contributed by atoms with van der Waals surface area (Å²) >= 11 is 0. The maximum atomic E-state index is 13.7. The molecule has 0 heterocycles. The molecule has 1 aliphatic rings. The van der Waals surface area contributed by atoms with Crippen molar-refractivity contribution in [2.45, 2.75) is 38.0 Å². The highest BCUT2D eigenvalue weighted by Gasteiger charge is 2.16. The molecule has 0 aliphatic heterocycles. The minimum Gasteiger partial charge on any atom is -0.206 e. The molecule has 0 radical (unpaired) electrons. The van der Waals surface area contributed by atoms with Gasteiger partial charge in [0.05, 0.1) is 5.56 Å². The summed E-state index contributed by atoms with van der Waals surface area (Å²) in [7, 11) is 0. The van der Waals surface area contributed by atoms with Crippen molar-refractivity contribution in [2.75, 3.05) is 0 Å². The highest BCUT2D eigenvalue weighted by Crippen LogP contribution is 2.33. The molecule has 0 aromatic heterocycles. The van der Waals surface area contributed by atoms with Crippen LogP contribution in [0.4, 0.5) is 4.39 Å². The molecule has 1 saturated carbocycles. The molecule has 0 saturated heterocycles. The molecular weight excluding hydrogens is 213 g/mol. The Morgan fingerprint density at radius 3 is 2.59 bits per heavy atom. The van der Waals surface area contributed by atoms with Crippen LogP contribution in [-0.2, 0) is 0 Å². The normalized spacial score (nSPS) is 15.8. The van der Waals surface area contributed by atoms with Gasteiger partial charge in [0.1, 0.15) is 5.82 Å². The van der Waals surface area contributed by atoms with Crippen LogP contribution in [0, 0.1) is 29.0 Å². The zero-order chi connectivity index (χ0) is 12.1. The van der Waals surface area contributed by atoms with Gasteiger partial charge in [-0.25, -0.2) is 4.39 Å². The van der Waals surface area contributed by atoms with E-state index in [1.54, 1.807) is 18.2 Å². The molecule has 17 heavy (non-hydrogen) atoms. The molecule has 1 aliphatic carbocycles. The fourth-order valence-electron chi connectivity index (χ4n) is 2.42. The number of nitrogens with zero attached hydrogens (tertiary/aromatic N) is 1. The summed E-state index contributed by atoms with van der Waals surface area (Å²) in [5.41, 5.74) is 1.39. The Morgan fingerprint density at radius 1 is 1.18 bits per heavy atom. The van der Waals surface area contributed by atoms with Crippen molar-refractivity contribution >= 4 is 0 Å². The van der Waals surface area contributed by atoms with Gasteiger partial charge in [-0.15, -0.1) is 0 Å². The van der Waals surface area contributed by atoms with E-state index in [1.165, 1.54) is 19.3 Å². The van der Waals surface area contributed by atoms with Crippen LogP contribution >= 0.6 is 0 Å². The van der Waals surface area contributed by atoms with E-state index in [9.17, 15) is 4.39 Å². The maximum Gasteiger partial charge on any atom is 0.152 e. The summed E-state index contributed by atoms with van der Waals surface area (Å²) in [5, 5.41) is 8.33. The molecular formula is C15H14FN. The fourth-order valence-corrected chi connectivity index (χ4v) is 2.42. The van der Waals surface area contributed by atoms with Gasteiger partial charge < -0.3 is 0 Å². The SMILES string of the molecule is N#CC#Cc1ccc(C2CCCCC2)cc1F. The van der Waals surface area contributed by atoms with Crippen molar-refractivity contribution in [2.24, 2.45) is 0 Å². The molecule has 2 heteroatoms. The molecule has 0 atom stereocenters. The van der Waals surface area contributed by atoms with E-state index in [1.807, 2.05) is 6.07 Å². The first-order valence-corrected chi connectivity index (χ1v) is 6.01. The second-order valence-corrected chi connectivity index (χ2v) is 4.44. The molecule has 1 aromatic carbocycles. The number of hydrogen-bond donors (Lipinski definition) is 0. The molecule has 0 spiro atoms. The average molecular weight is 227 g/mol. The Bertz CT molecular complexity index is 496. The van der Waals surface area contributed by atoms with Crippen LogP contribution in [0.3, 0.4) is 0 Å². The van der Waals surface area contributed by atoms with Crippen molar-refractivity contribution in [1.29, 1.82) is 5.26 Å². The predicted octanol–water partition coefficient (Wildman–Crippen LogP) is 3.75. The van der Waals surface area contributed by atoms with Crippen LogP contribution in [0.5, 0.6) is 0 Å². The topological polar surface area (TPSA) is 23.8 Å². The molecule has 0 N–H and O–H groups in total. The first-order valence-electron chi connectivity index (χ1n) is 6.01. The number of halogens is 1. The van der Waals surface area contributed by atoms with Crippen LogP contribution in [0.15, 0.2) is 18.2 Å². The van der Waals surface area contributed by atoms with Gasteiger partial charge in [-0.1, -0.05) is 25.3 Å². The largest absolute Gasteiger partial charge is 0.206 e. The smallest absolute Gasteiger partial charge is 0.152 e. The van der Waals surface area contributed by atoms with Gasteiger partial charge in [0.25, 0.3) is 0 Å². The second-order valence-electron chi connectivity index (χ2n) is 4.44. The summed E-state index contributed by atoms with van der Waals surface area (Å²) in [6, 6.07) is 6.90. The summed E-state index contributed by atoms with van der Waals surface area (Å²) < 4.78 is 13.7. The molecule has 0 amide bonds. The zero-order valence-electron chi connectivity index (χ0n) is 9.67. The Hall–Kier alpha value is -1.80. The van der Waals surface area contributed by atoms with Crippen molar-refractivity contribution in [1.82, 2.24) is 0 Å². The Kier molecular flexibility index (Phi) is 3.78. The second kappa shape index (κ2) is 5.51. The first-order chi connectivity index (χ1) is 8.31. The molecule has 0 unspecified atom stereocenters. The van der Waals surface area contributed by atoms with Crippen LogP contribution in [0.2, 0.25) is 0 Å². The Labute approximate surface area is 101 Å². The van der Waals surface area contributed by atoms with Crippen molar-refractivity contribution in [3.63, 3.8) is 0 Å². The molecule has 1 aromatic rings. The zero-order valence-corrected chi connectivity index (χ0v) is 9.67. The standard InChI is InChI=1S/C15H14FN/c16-15-11-14(12-5-2-1-3-6-12)9-8-13(15)7-4-10-17/h8-9,11-12H,1-3,5-6H2. The van der Waals surface area contributed by atoms with Gasteiger partial charge in [0.2, 0.25) is 0 Å². The van der Waals surface area contributed by atoms with Gasteiger partial charge >= 0.3 is 0 Å². The molecule has 1 nitrogen and oxygen atoms in total. The first kappa shape index (κ1) is 11.7. The van der Waals surface area contributed by atoms with E-state index >= 15 is 0 Å². The van der Waals surface area contributed by atoms with Gasteiger partial charge in [0, 0.05) is 5.92 Å². The summed E-state index contributed by atoms with van der Waals surface area (Å²) in [4.78, 5) is 0. The lowest BCUT2D eigenvalue weighted by molar-refractivity contribution is 0.442. The molecule has 86 valence electrons. The third-order valence-corrected chi connectivity index (χ3v) is 3.32. The number of hydrogen-bond acceptors (Lipinski definition) is 1. The third-order valence-electron chi connectivity index (χ3n) is 3.32. The Balaban J connectivity index is 2.21. The van der Waals surface area contributed by atoms with Crippen LogP contribution in [-0.4, -0.2) is 0 Å². The highest BCUT2D eigenvalue weighted by atomic mass is 19.1. The maximum absolute atomic E-state index is 13.7. The monoisotopic (exact) mass is 227 g/mol.